The maximum Gasteiger partial charge on any atom is 0.230 e. The van der Waals surface area contributed by atoms with E-state index in [1.165, 1.54) is 0 Å². The molecular formula is C11H10N2O2. The average Bonchev–Trinajstić information content (AvgIpc) is 2.26. The highest BCUT2D eigenvalue weighted by atomic mass is 16.6. The van der Waals surface area contributed by atoms with Gasteiger partial charge in [-0.1, -0.05) is 30.3 Å². The van der Waals surface area contributed by atoms with Crippen LogP contribution in [0.25, 0.3) is 5.57 Å². The lowest BCUT2D eigenvalue weighted by Gasteiger charge is -2.03. The zero-order chi connectivity index (χ0) is 11.3. The lowest BCUT2D eigenvalue weighted by molar-refractivity contribution is -0.465. The number of nitriles is 1. The molecule has 0 heterocycles. The van der Waals surface area contributed by atoms with E-state index in [9.17, 15) is 10.1 Å². The number of benzene rings is 1. The van der Waals surface area contributed by atoms with E-state index < -0.39 is 4.92 Å². The van der Waals surface area contributed by atoms with Gasteiger partial charge >= 0.3 is 0 Å². The summed E-state index contributed by atoms with van der Waals surface area (Å²) in [5.41, 5.74) is 1.59. The van der Waals surface area contributed by atoms with Gasteiger partial charge in [0.1, 0.15) is 0 Å². The smallest absolute Gasteiger partial charge is 0.230 e. The van der Waals surface area contributed by atoms with E-state index in [0.717, 1.165) is 5.56 Å². The minimum absolute atomic E-state index is 0.316. The van der Waals surface area contributed by atoms with Gasteiger partial charge in [0.2, 0.25) is 6.54 Å². The highest BCUT2D eigenvalue weighted by Crippen LogP contribution is 2.18. The Morgan fingerprint density at radius 3 is 2.53 bits per heavy atom. The monoisotopic (exact) mass is 202 g/mol. The topological polar surface area (TPSA) is 66.9 Å². The third kappa shape index (κ3) is 2.92. The Kier molecular flexibility index (Phi) is 3.58. The van der Waals surface area contributed by atoms with Gasteiger partial charge in [-0.3, -0.25) is 10.1 Å². The molecule has 0 saturated heterocycles. The third-order valence-electron chi connectivity index (χ3n) is 2.03. The second kappa shape index (κ2) is 4.91. The number of allylic oxidation sites excluding steroid dienone is 1. The summed E-state index contributed by atoms with van der Waals surface area (Å²) < 4.78 is 0. The van der Waals surface area contributed by atoms with Gasteiger partial charge in [0.25, 0.3) is 0 Å². The van der Waals surface area contributed by atoms with Gasteiger partial charge in [0.05, 0.1) is 6.07 Å². The summed E-state index contributed by atoms with van der Waals surface area (Å²) in [6.07, 6.45) is 0. The van der Waals surface area contributed by atoms with Crippen molar-refractivity contribution >= 4 is 5.57 Å². The molecule has 0 unspecified atom stereocenters. The number of hydrogen-bond acceptors (Lipinski definition) is 3. The van der Waals surface area contributed by atoms with Crippen molar-refractivity contribution in [3.8, 4) is 6.07 Å². The maximum absolute atomic E-state index is 10.5. The molecule has 0 aliphatic rings. The molecule has 0 aromatic heterocycles. The molecule has 76 valence electrons. The standard InChI is InChI=1S/C11H10N2O2/c1-9(7-12)11(8-13(14)15)10-5-3-2-4-6-10/h2-6H,8H2,1H3/b11-9-. The van der Waals surface area contributed by atoms with Crippen molar-refractivity contribution in [3.05, 3.63) is 51.6 Å². The van der Waals surface area contributed by atoms with Crippen molar-refractivity contribution in [1.82, 2.24) is 0 Å². The molecule has 0 saturated carbocycles. The summed E-state index contributed by atoms with van der Waals surface area (Å²) in [5, 5.41) is 19.2. The van der Waals surface area contributed by atoms with Gasteiger partial charge in [0, 0.05) is 16.1 Å². The fraction of sp³-hybridized carbons (Fsp3) is 0.182. The normalized spacial score (nSPS) is 11.5. The molecule has 4 heteroatoms. The van der Waals surface area contributed by atoms with Crippen LogP contribution in [-0.2, 0) is 0 Å². The summed E-state index contributed by atoms with van der Waals surface area (Å²) in [4.78, 5) is 10.0. The van der Waals surface area contributed by atoms with Crippen LogP contribution in [0, 0.1) is 21.4 Å². The van der Waals surface area contributed by atoms with E-state index in [1.54, 1.807) is 31.2 Å². The minimum Gasteiger partial charge on any atom is -0.264 e. The van der Waals surface area contributed by atoms with Gasteiger partial charge in [-0.15, -0.1) is 0 Å². The zero-order valence-corrected chi connectivity index (χ0v) is 8.30. The summed E-state index contributed by atoms with van der Waals surface area (Å²) in [6.45, 7) is 1.27. The third-order valence-corrected chi connectivity index (χ3v) is 2.03. The maximum atomic E-state index is 10.5. The first-order chi connectivity index (χ1) is 7.15. The zero-order valence-electron chi connectivity index (χ0n) is 8.30. The summed E-state index contributed by atoms with van der Waals surface area (Å²) in [7, 11) is 0. The Labute approximate surface area is 87.6 Å². The lowest BCUT2D eigenvalue weighted by atomic mass is 10.0. The number of nitrogens with zero attached hydrogens (tertiary/aromatic N) is 2. The van der Waals surface area contributed by atoms with Crippen molar-refractivity contribution in [2.24, 2.45) is 0 Å². The van der Waals surface area contributed by atoms with Crippen LogP contribution in [0.1, 0.15) is 12.5 Å². The number of hydrogen-bond donors (Lipinski definition) is 0. The molecule has 0 fully saturated rings. The first kappa shape index (κ1) is 10.9. The molecule has 0 spiro atoms. The highest BCUT2D eigenvalue weighted by molar-refractivity contribution is 5.71. The summed E-state index contributed by atoms with van der Waals surface area (Å²) in [6, 6.07) is 10.9. The molecule has 1 aromatic carbocycles. The molecule has 15 heavy (non-hydrogen) atoms. The molecule has 0 aliphatic carbocycles. The molecule has 0 aliphatic heterocycles. The van der Waals surface area contributed by atoms with Gasteiger partial charge in [-0.05, 0) is 12.5 Å². The Morgan fingerprint density at radius 1 is 1.47 bits per heavy atom. The van der Waals surface area contributed by atoms with E-state index in [2.05, 4.69) is 0 Å². The van der Waals surface area contributed by atoms with Crippen molar-refractivity contribution in [2.45, 2.75) is 6.92 Å². The van der Waals surface area contributed by atoms with Gasteiger partial charge in [-0.2, -0.15) is 5.26 Å². The van der Waals surface area contributed by atoms with E-state index in [-0.39, 0.29) is 6.54 Å². The second-order valence-corrected chi connectivity index (χ2v) is 3.07. The largest absolute Gasteiger partial charge is 0.264 e. The van der Waals surface area contributed by atoms with Crippen molar-refractivity contribution in [3.63, 3.8) is 0 Å². The molecule has 0 bridgehead atoms. The van der Waals surface area contributed by atoms with Crippen LogP contribution in [0.15, 0.2) is 35.9 Å². The van der Waals surface area contributed by atoms with E-state index in [4.69, 9.17) is 5.26 Å². The van der Waals surface area contributed by atoms with Crippen LogP contribution in [0.3, 0.4) is 0 Å². The lowest BCUT2D eigenvalue weighted by Crippen LogP contribution is -2.05. The van der Waals surface area contributed by atoms with Crippen LogP contribution in [-0.4, -0.2) is 11.5 Å². The van der Waals surface area contributed by atoms with Crippen LogP contribution in [0.5, 0.6) is 0 Å². The number of nitro groups is 1. The van der Waals surface area contributed by atoms with Crippen molar-refractivity contribution in [1.29, 1.82) is 5.26 Å². The highest BCUT2D eigenvalue weighted by Gasteiger charge is 2.11. The molecule has 0 radical (unpaired) electrons. The Morgan fingerprint density at radius 2 is 2.07 bits per heavy atom. The first-order valence-corrected chi connectivity index (χ1v) is 4.42. The minimum atomic E-state index is -0.427. The van der Waals surface area contributed by atoms with Crippen LogP contribution in [0.2, 0.25) is 0 Å². The van der Waals surface area contributed by atoms with Gasteiger partial charge < -0.3 is 0 Å². The van der Waals surface area contributed by atoms with E-state index in [1.807, 2.05) is 12.1 Å². The molecule has 1 aromatic rings. The predicted octanol–water partition coefficient (Wildman–Crippen LogP) is 2.26. The SMILES string of the molecule is C/C(C#N)=C(\C[N+](=O)[O-])c1ccccc1. The van der Waals surface area contributed by atoms with Gasteiger partial charge in [0.15, 0.2) is 0 Å². The quantitative estimate of drug-likeness (QED) is 0.429. The fourth-order valence-corrected chi connectivity index (χ4v) is 1.26. The van der Waals surface area contributed by atoms with Crippen molar-refractivity contribution in [2.75, 3.05) is 6.54 Å². The Hall–Kier alpha value is -2.15. The molecule has 0 N–H and O–H groups in total. The van der Waals surface area contributed by atoms with Crippen LogP contribution >= 0.6 is 0 Å². The van der Waals surface area contributed by atoms with Gasteiger partial charge in [-0.25, -0.2) is 0 Å². The molecule has 0 amide bonds. The number of rotatable bonds is 3. The molecule has 0 atom stereocenters. The average molecular weight is 202 g/mol. The fourth-order valence-electron chi connectivity index (χ4n) is 1.26. The summed E-state index contributed by atoms with van der Waals surface area (Å²) >= 11 is 0. The van der Waals surface area contributed by atoms with Crippen LogP contribution in [0.4, 0.5) is 0 Å². The van der Waals surface area contributed by atoms with E-state index in [0.29, 0.717) is 11.1 Å². The Bertz CT molecular complexity index is 430. The molecule has 4 nitrogen and oxygen atoms in total. The summed E-state index contributed by atoms with van der Waals surface area (Å²) in [5.74, 6) is 0. The van der Waals surface area contributed by atoms with Crippen LogP contribution < -0.4 is 0 Å². The predicted molar refractivity (Wildman–Crippen MR) is 56.5 cm³/mol. The first-order valence-electron chi connectivity index (χ1n) is 4.42. The van der Waals surface area contributed by atoms with E-state index >= 15 is 0 Å². The Balaban J connectivity index is 3.15. The molecule has 1 rings (SSSR count). The second-order valence-electron chi connectivity index (χ2n) is 3.07. The van der Waals surface area contributed by atoms with Crippen molar-refractivity contribution < 1.29 is 4.92 Å². The molecular weight excluding hydrogens is 192 g/mol.